The van der Waals surface area contributed by atoms with Crippen molar-refractivity contribution in [2.24, 2.45) is 0 Å². The van der Waals surface area contributed by atoms with E-state index in [4.69, 9.17) is 10.5 Å². The van der Waals surface area contributed by atoms with Crippen LogP contribution in [0.1, 0.15) is 10.5 Å². The maximum atomic E-state index is 12.5. The first-order valence-corrected chi connectivity index (χ1v) is 8.45. The van der Waals surface area contributed by atoms with Crippen molar-refractivity contribution >= 4 is 29.3 Å². The zero-order valence-electron chi connectivity index (χ0n) is 15.0. The van der Waals surface area contributed by atoms with Crippen molar-refractivity contribution in [3.05, 3.63) is 36.3 Å². The van der Waals surface area contributed by atoms with E-state index in [0.29, 0.717) is 37.8 Å². The highest BCUT2D eigenvalue weighted by molar-refractivity contribution is 6.05. The molecule has 1 aliphatic heterocycles. The quantitative estimate of drug-likeness (QED) is 0.752. The van der Waals surface area contributed by atoms with Crippen LogP contribution >= 0.6 is 0 Å². The second-order valence-electron chi connectivity index (χ2n) is 5.93. The monoisotopic (exact) mass is 371 g/mol. The summed E-state index contributed by atoms with van der Waals surface area (Å²) in [6, 6.07) is 5.18. The zero-order chi connectivity index (χ0) is 19.2. The molecule has 1 aliphatic rings. The largest absolute Gasteiger partial charge is 0.382 e. The lowest BCUT2D eigenvalue weighted by atomic mass is 10.3. The number of carbonyl (C=O) groups is 2. The molecule has 142 valence electrons. The lowest BCUT2D eigenvalue weighted by molar-refractivity contribution is -0.135. The van der Waals surface area contributed by atoms with Crippen molar-refractivity contribution in [1.82, 2.24) is 19.9 Å². The molecule has 2 aromatic rings. The molecule has 0 spiro atoms. The summed E-state index contributed by atoms with van der Waals surface area (Å²) in [5.74, 6) is 0.458. The summed E-state index contributed by atoms with van der Waals surface area (Å²) >= 11 is 0. The van der Waals surface area contributed by atoms with E-state index in [9.17, 15) is 9.59 Å². The van der Waals surface area contributed by atoms with Gasteiger partial charge in [-0.25, -0.2) is 15.0 Å². The van der Waals surface area contributed by atoms with Crippen LogP contribution in [0.25, 0.3) is 0 Å². The van der Waals surface area contributed by atoms with Crippen molar-refractivity contribution in [2.45, 2.75) is 0 Å². The summed E-state index contributed by atoms with van der Waals surface area (Å²) in [7, 11) is 1.50. The minimum Gasteiger partial charge on any atom is -0.382 e. The number of pyridine rings is 1. The van der Waals surface area contributed by atoms with Crippen LogP contribution in [0.4, 0.5) is 17.5 Å². The second kappa shape index (κ2) is 8.41. The normalized spacial score (nSPS) is 14.1. The molecule has 1 fully saturated rings. The van der Waals surface area contributed by atoms with Gasteiger partial charge in [0.15, 0.2) is 11.5 Å². The fraction of sp³-hybridized carbons (Fsp3) is 0.353. The number of methoxy groups -OCH3 is 1. The van der Waals surface area contributed by atoms with E-state index in [0.717, 1.165) is 0 Å². The predicted octanol–water partition coefficient (Wildman–Crippen LogP) is 0.00110. The summed E-state index contributed by atoms with van der Waals surface area (Å²) in [6.45, 7) is 2.32. The Labute approximate surface area is 156 Å². The Kier molecular flexibility index (Phi) is 5.77. The van der Waals surface area contributed by atoms with Crippen LogP contribution in [-0.2, 0) is 9.53 Å². The molecule has 0 saturated carbocycles. The molecule has 3 N–H and O–H groups in total. The molecule has 0 bridgehead atoms. The van der Waals surface area contributed by atoms with Crippen LogP contribution < -0.4 is 16.0 Å². The number of carbonyl (C=O) groups excluding carboxylic acids is 2. The number of rotatable bonds is 5. The van der Waals surface area contributed by atoms with E-state index in [-0.39, 0.29) is 24.0 Å². The van der Waals surface area contributed by atoms with E-state index in [1.165, 1.54) is 13.3 Å². The van der Waals surface area contributed by atoms with Gasteiger partial charge in [-0.15, -0.1) is 0 Å². The first kappa shape index (κ1) is 18.5. The number of anilines is 3. The Hall–Kier alpha value is -3.27. The number of nitrogen functional groups attached to an aromatic ring is 1. The Bertz CT molecular complexity index is 807. The Morgan fingerprint density at radius 2 is 2.00 bits per heavy atom. The SMILES string of the molecule is COCC(=O)N1CCN(c2cnc(N)c(C(=O)Nc3ccccn3)n2)CC1. The first-order chi connectivity index (χ1) is 13.1. The molecule has 27 heavy (non-hydrogen) atoms. The molecule has 0 unspecified atom stereocenters. The van der Waals surface area contributed by atoms with Crippen LogP contribution in [0, 0.1) is 0 Å². The molecule has 3 heterocycles. The van der Waals surface area contributed by atoms with Crippen molar-refractivity contribution in [3.8, 4) is 0 Å². The third-order valence-corrected chi connectivity index (χ3v) is 4.13. The summed E-state index contributed by atoms with van der Waals surface area (Å²) in [6.07, 6.45) is 3.10. The lowest BCUT2D eigenvalue weighted by Gasteiger charge is -2.35. The first-order valence-electron chi connectivity index (χ1n) is 8.45. The molecule has 1 saturated heterocycles. The Morgan fingerprint density at radius 1 is 1.22 bits per heavy atom. The Morgan fingerprint density at radius 3 is 2.67 bits per heavy atom. The van der Waals surface area contributed by atoms with Crippen LogP contribution in [0.2, 0.25) is 0 Å². The average molecular weight is 371 g/mol. The van der Waals surface area contributed by atoms with Crippen molar-refractivity contribution in [3.63, 3.8) is 0 Å². The lowest BCUT2D eigenvalue weighted by Crippen LogP contribution is -2.50. The summed E-state index contributed by atoms with van der Waals surface area (Å²) in [4.78, 5) is 40.5. The topological polar surface area (TPSA) is 127 Å². The molecular weight excluding hydrogens is 350 g/mol. The van der Waals surface area contributed by atoms with Crippen molar-refractivity contribution in [2.75, 3.05) is 55.8 Å². The van der Waals surface area contributed by atoms with Gasteiger partial charge in [0.2, 0.25) is 5.91 Å². The van der Waals surface area contributed by atoms with Crippen molar-refractivity contribution < 1.29 is 14.3 Å². The molecule has 2 amide bonds. The van der Waals surface area contributed by atoms with Crippen LogP contribution in [0.5, 0.6) is 0 Å². The number of hydrogen-bond acceptors (Lipinski definition) is 8. The summed E-state index contributed by atoms with van der Waals surface area (Å²) in [5.41, 5.74) is 5.87. The zero-order valence-corrected chi connectivity index (χ0v) is 15.0. The maximum absolute atomic E-state index is 12.5. The van der Waals surface area contributed by atoms with E-state index < -0.39 is 5.91 Å². The van der Waals surface area contributed by atoms with Gasteiger partial charge in [0.25, 0.3) is 5.91 Å². The van der Waals surface area contributed by atoms with Crippen LogP contribution in [0.15, 0.2) is 30.6 Å². The van der Waals surface area contributed by atoms with E-state index in [1.807, 2.05) is 4.90 Å². The second-order valence-corrected chi connectivity index (χ2v) is 5.93. The fourth-order valence-electron chi connectivity index (χ4n) is 2.72. The highest BCUT2D eigenvalue weighted by atomic mass is 16.5. The number of ether oxygens (including phenoxy) is 1. The molecule has 3 rings (SSSR count). The number of amides is 2. The van der Waals surface area contributed by atoms with Crippen LogP contribution in [-0.4, -0.2) is 71.6 Å². The maximum Gasteiger partial charge on any atom is 0.279 e. The number of nitrogens with one attached hydrogen (secondary N) is 1. The highest BCUT2D eigenvalue weighted by Gasteiger charge is 2.23. The predicted molar refractivity (Wildman–Crippen MR) is 99.3 cm³/mol. The molecule has 2 aromatic heterocycles. The molecule has 10 heteroatoms. The molecule has 0 atom stereocenters. The molecule has 0 radical (unpaired) electrons. The third-order valence-electron chi connectivity index (χ3n) is 4.13. The van der Waals surface area contributed by atoms with Crippen LogP contribution in [0.3, 0.4) is 0 Å². The van der Waals surface area contributed by atoms with Gasteiger partial charge in [-0.1, -0.05) is 6.07 Å². The average Bonchev–Trinajstić information content (AvgIpc) is 2.69. The van der Waals surface area contributed by atoms with E-state index >= 15 is 0 Å². The van der Waals surface area contributed by atoms with Gasteiger partial charge in [0.1, 0.15) is 18.2 Å². The van der Waals surface area contributed by atoms with Gasteiger partial charge in [-0.2, -0.15) is 0 Å². The number of piperazine rings is 1. The van der Waals surface area contributed by atoms with Gasteiger partial charge in [0.05, 0.1) is 6.20 Å². The van der Waals surface area contributed by atoms with E-state index in [2.05, 4.69) is 20.3 Å². The molecule has 0 aromatic carbocycles. The number of nitrogens with two attached hydrogens (primary N) is 1. The highest BCUT2D eigenvalue weighted by Crippen LogP contribution is 2.17. The smallest absolute Gasteiger partial charge is 0.279 e. The minimum atomic E-state index is -0.477. The number of nitrogens with zero attached hydrogens (tertiary/aromatic N) is 5. The summed E-state index contributed by atoms with van der Waals surface area (Å²) in [5, 5.41) is 2.65. The Balaban J connectivity index is 1.69. The number of hydrogen-bond donors (Lipinski definition) is 2. The van der Waals surface area contributed by atoms with Gasteiger partial charge in [0, 0.05) is 39.5 Å². The van der Waals surface area contributed by atoms with Gasteiger partial charge < -0.3 is 25.6 Å². The van der Waals surface area contributed by atoms with Gasteiger partial charge in [-0.05, 0) is 12.1 Å². The third kappa shape index (κ3) is 4.47. The van der Waals surface area contributed by atoms with Gasteiger partial charge in [-0.3, -0.25) is 9.59 Å². The summed E-state index contributed by atoms with van der Waals surface area (Å²) < 4.78 is 4.88. The number of aromatic nitrogens is 3. The fourth-order valence-corrected chi connectivity index (χ4v) is 2.72. The van der Waals surface area contributed by atoms with E-state index in [1.54, 1.807) is 29.3 Å². The molecular formula is C17H21N7O3. The molecule has 0 aliphatic carbocycles. The standard InChI is InChI=1S/C17H21N7O3/c1-27-11-14(25)24-8-6-23(7-9-24)13-10-20-16(18)15(22-13)17(26)21-12-4-2-3-5-19-12/h2-5,10H,6-9,11H2,1H3,(H2,18,20)(H,19,21,26). The van der Waals surface area contributed by atoms with Crippen molar-refractivity contribution in [1.29, 1.82) is 0 Å². The van der Waals surface area contributed by atoms with Gasteiger partial charge >= 0.3 is 0 Å². The minimum absolute atomic E-state index is 0.0380. The molecule has 10 nitrogen and oxygen atoms in total.